The number of benzene rings is 2. The number of aliphatic hydroxyl groups is 1. The maximum Gasteiger partial charge on any atom is 0.266 e. The van der Waals surface area contributed by atoms with Crippen LogP contribution >= 0.6 is 11.3 Å². The maximum absolute atomic E-state index is 13.0. The van der Waals surface area contributed by atoms with E-state index in [0.29, 0.717) is 25.9 Å². The van der Waals surface area contributed by atoms with Crippen LogP contribution in [0.1, 0.15) is 35.8 Å². The number of piperidine rings is 1. The number of hydrogen-bond donors (Lipinski definition) is 1. The topological polar surface area (TPSA) is 62.1 Å². The molecule has 1 N–H and O–H groups in total. The molecule has 6 heteroatoms. The van der Waals surface area contributed by atoms with Gasteiger partial charge in [0, 0.05) is 30.8 Å². The lowest BCUT2D eigenvalue weighted by atomic mass is 9.90. The summed E-state index contributed by atoms with van der Waals surface area (Å²) in [5, 5.41) is 19.2. The van der Waals surface area contributed by atoms with E-state index >= 15 is 0 Å². The van der Waals surface area contributed by atoms with Gasteiger partial charge in [0.2, 0.25) is 6.10 Å². The molecule has 0 radical (unpaired) electrons. The van der Waals surface area contributed by atoms with Gasteiger partial charge in [0.15, 0.2) is 0 Å². The van der Waals surface area contributed by atoms with Gasteiger partial charge in [-0.05, 0) is 46.5 Å². The Balaban J connectivity index is 1.16. The first-order valence-corrected chi connectivity index (χ1v) is 11.8. The van der Waals surface area contributed by atoms with Gasteiger partial charge in [-0.15, -0.1) is 11.3 Å². The zero-order chi connectivity index (χ0) is 21.2. The molecular formula is C25H26N2O3S. The summed E-state index contributed by atoms with van der Waals surface area (Å²) in [7, 11) is 0. The second-order valence-corrected chi connectivity index (χ2v) is 9.37. The summed E-state index contributed by atoms with van der Waals surface area (Å²) >= 11 is 1.59. The minimum atomic E-state index is -0.524. The normalized spacial score (nSPS) is 20.5. The van der Waals surface area contributed by atoms with Crippen LogP contribution in [0, 0.1) is 5.92 Å². The molecule has 31 heavy (non-hydrogen) atoms. The van der Waals surface area contributed by atoms with Crippen molar-refractivity contribution in [2.75, 3.05) is 13.1 Å². The molecule has 1 saturated heterocycles. The number of carbonyl (C=O) groups is 1. The van der Waals surface area contributed by atoms with Crippen molar-refractivity contribution in [3.8, 4) is 0 Å². The third-order valence-corrected chi connectivity index (χ3v) is 7.36. The molecule has 2 aliphatic heterocycles. The second kappa shape index (κ2) is 8.81. The fourth-order valence-corrected chi connectivity index (χ4v) is 5.46. The summed E-state index contributed by atoms with van der Waals surface area (Å²) in [6.07, 6.45) is 1.89. The van der Waals surface area contributed by atoms with Crippen LogP contribution in [-0.4, -0.2) is 40.8 Å². The van der Waals surface area contributed by atoms with Gasteiger partial charge in [-0.25, -0.2) is 0 Å². The number of nitrogens with zero attached hydrogens (tertiary/aromatic N) is 2. The van der Waals surface area contributed by atoms with Crippen molar-refractivity contribution in [1.82, 2.24) is 4.90 Å². The summed E-state index contributed by atoms with van der Waals surface area (Å²) in [5.74, 6) is 0.214. The van der Waals surface area contributed by atoms with Gasteiger partial charge >= 0.3 is 0 Å². The number of aliphatic hydroxyl groups excluding tert-OH is 1. The van der Waals surface area contributed by atoms with Crippen LogP contribution in [0.4, 0.5) is 0 Å². The molecule has 1 aromatic heterocycles. The van der Waals surface area contributed by atoms with Crippen molar-refractivity contribution < 1.29 is 14.7 Å². The Morgan fingerprint density at radius 3 is 2.74 bits per heavy atom. The van der Waals surface area contributed by atoms with Crippen LogP contribution in [0.5, 0.6) is 0 Å². The van der Waals surface area contributed by atoms with Gasteiger partial charge in [-0.3, -0.25) is 4.79 Å². The lowest BCUT2D eigenvalue weighted by Gasteiger charge is -2.34. The summed E-state index contributed by atoms with van der Waals surface area (Å²) < 4.78 is 0. The quantitative estimate of drug-likeness (QED) is 0.640. The van der Waals surface area contributed by atoms with Gasteiger partial charge in [-0.1, -0.05) is 53.7 Å². The first kappa shape index (κ1) is 20.2. The Labute approximate surface area is 185 Å². The molecule has 2 atom stereocenters. The SMILES string of the molecule is O=C([C@@H]1CC(Cc2cccc3ccccc23)=NO1)N1CCC([C@@H](O)c2cccs2)CC1. The molecule has 3 aromatic rings. The van der Waals surface area contributed by atoms with E-state index in [1.165, 1.54) is 16.3 Å². The Bertz CT molecular complexity index is 1080. The van der Waals surface area contributed by atoms with Crippen LogP contribution in [0.25, 0.3) is 10.8 Å². The Kier molecular flexibility index (Phi) is 5.74. The molecule has 0 bridgehead atoms. The Morgan fingerprint density at radius 2 is 1.94 bits per heavy atom. The number of oxime groups is 1. The summed E-state index contributed by atoms with van der Waals surface area (Å²) in [4.78, 5) is 21.4. The third-order valence-electron chi connectivity index (χ3n) is 6.41. The fourth-order valence-electron chi connectivity index (χ4n) is 4.66. The predicted octanol–water partition coefficient (Wildman–Crippen LogP) is 4.56. The summed E-state index contributed by atoms with van der Waals surface area (Å²) in [6.45, 7) is 1.31. The lowest BCUT2D eigenvalue weighted by molar-refractivity contribution is -0.144. The van der Waals surface area contributed by atoms with E-state index in [-0.39, 0.29) is 11.8 Å². The molecule has 1 amide bonds. The second-order valence-electron chi connectivity index (χ2n) is 8.39. The number of amides is 1. The zero-order valence-corrected chi connectivity index (χ0v) is 18.1. The number of fused-ring (bicyclic) bond motifs is 1. The van der Waals surface area contributed by atoms with Crippen molar-refractivity contribution in [3.05, 3.63) is 70.4 Å². The van der Waals surface area contributed by atoms with Gasteiger partial charge in [-0.2, -0.15) is 0 Å². The third kappa shape index (κ3) is 4.23. The van der Waals surface area contributed by atoms with Crippen LogP contribution in [-0.2, 0) is 16.1 Å². The van der Waals surface area contributed by atoms with E-state index in [1.807, 2.05) is 34.5 Å². The fraction of sp³-hybridized carbons (Fsp3) is 0.360. The molecule has 5 nitrogen and oxygen atoms in total. The van der Waals surface area contributed by atoms with Gasteiger partial charge < -0.3 is 14.8 Å². The average Bonchev–Trinajstić information content (AvgIpc) is 3.51. The van der Waals surface area contributed by atoms with Gasteiger partial charge in [0.25, 0.3) is 5.91 Å². The molecule has 0 spiro atoms. The van der Waals surface area contributed by atoms with Crippen molar-refractivity contribution in [2.24, 2.45) is 11.1 Å². The largest absolute Gasteiger partial charge is 0.387 e. The molecule has 5 rings (SSSR count). The number of likely N-dealkylation sites (tertiary alicyclic amines) is 1. The van der Waals surface area contributed by atoms with Crippen LogP contribution < -0.4 is 0 Å². The molecule has 1 fully saturated rings. The van der Waals surface area contributed by atoms with E-state index in [0.717, 1.165) is 23.4 Å². The standard InChI is InChI=1S/C25H26N2O3S/c28-24(23-9-4-14-31-23)18-10-12-27(13-11-18)25(29)22-16-20(26-30-22)15-19-7-3-6-17-5-1-2-8-21(17)19/h1-9,14,18,22,24,28H,10-13,15-16H2/t22-,24+/m0/s1. The van der Waals surface area contributed by atoms with Gasteiger partial charge in [0.05, 0.1) is 11.8 Å². The van der Waals surface area contributed by atoms with E-state index < -0.39 is 12.2 Å². The van der Waals surface area contributed by atoms with E-state index in [4.69, 9.17) is 4.84 Å². The molecular weight excluding hydrogens is 408 g/mol. The Morgan fingerprint density at radius 1 is 1.13 bits per heavy atom. The highest BCUT2D eigenvalue weighted by Gasteiger charge is 2.35. The molecule has 0 aliphatic carbocycles. The minimum Gasteiger partial charge on any atom is -0.387 e. The first-order valence-electron chi connectivity index (χ1n) is 10.9. The van der Waals surface area contributed by atoms with Crippen molar-refractivity contribution in [1.29, 1.82) is 0 Å². The summed E-state index contributed by atoms with van der Waals surface area (Å²) in [6, 6.07) is 18.6. The highest BCUT2D eigenvalue weighted by molar-refractivity contribution is 7.10. The highest BCUT2D eigenvalue weighted by atomic mass is 32.1. The molecule has 0 saturated carbocycles. The number of thiophene rings is 1. The molecule has 2 aromatic carbocycles. The smallest absolute Gasteiger partial charge is 0.266 e. The molecule has 160 valence electrons. The van der Waals surface area contributed by atoms with E-state index in [1.54, 1.807) is 11.3 Å². The number of rotatable bonds is 5. The lowest BCUT2D eigenvalue weighted by Crippen LogP contribution is -2.44. The predicted molar refractivity (Wildman–Crippen MR) is 123 cm³/mol. The maximum atomic E-state index is 13.0. The summed E-state index contributed by atoms with van der Waals surface area (Å²) in [5.41, 5.74) is 2.12. The number of carbonyl (C=O) groups excluding carboxylic acids is 1. The monoisotopic (exact) mass is 434 g/mol. The highest BCUT2D eigenvalue weighted by Crippen LogP contribution is 2.33. The van der Waals surface area contributed by atoms with Crippen molar-refractivity contribution in [3.63, 3.8) is 0 Å². The Hall–Kier alpha value is -2.70. The van der Waals surface area contributed by atoms with Crippen LogP contribution in [0.15, 0.2) is 65.1 Å². The van der Waals surface area contributed by atoms with Crippen LogP contribution in [0.2, 0.25) is 0 Å². The average molecular weight is 435 g/mol. The van der Waals surface area contributed by atoms with Crippen molar-refractivity contribution >= 4 is 33.7 Å². The van der Waals surface area contributed by atoms with Gasteiger partial charge in [0.1, 0.15) is 0 Å². The molecule has 0 unspecified atom stereocenters. The first-order chi connectivity index (χ1) is 15.2. The molecule has 3 heterocycles. The minimum absolute atomic E-state index is 0.0146. The van der Waals surface area contributed by atoms with E-state index in [9.17, 15) is 9.90 Å². The van der Waals surface area contributed by atoms with Crippen LogP contribution in [0.3, 0.4) is 0 Å². The van der Waals surface area contributed by atoms with Crippen molar-refractivity contribution in [2.45, 2.75) is 37.9 Å². The number of hydrogen-bond acceptors (Lipinski definition) is 5. The van der Waals surface area contributed by atoms with E-state index in [2.05, 4.69) is 35.5 Å². The zero-order valence-electron chi connectivity index (χ0n) is 17.3. The molecule has 2 aliphatic rings.